The van der Waals surface area contributed by atoms with Gasteiger partial charge >= 0.3 is 12.0 Å². The predicted octanol–water partition coefficient (Wildman–Crippen LogP) is 1.98. The molecular weight excluding hydrogens is 263 g/mol. The molecule has 0 radical (unpaired) electrons. The summed E-state index contributed by atoms with van der Waals surface area (Å²) in [6.45, 7) is 1.69. The molecule has 1 fully saturated rings. The maximum Gasteiger partial charge on any atom is 0.326 e. The molecule has 2 amide bonds. The molecular formula is C14H17FN2O3. The Kier molecular flexibility index (Phi) is 3.92. The topological polar surface area (TPSA) is 78.4 Å². The van der Waals surface area contributed by atoms with Gasteiger partial charge in [0.2, 0.25) is 0 Å². The molecule has 1 unspecified atom stereocenters. The number of carboxylic acids is 1. The van der Waals surface area contributed by atoms with Crippen molar-refractivity contribution in [1.82, 2.24) is 10.6 Å². The van der Waals surface area contributed by atoms with Crippen LogP contribution in [-0.4, -0.2) is 23.1 Å². The van der Waals surface area contributed by atoms with Gasteiger partial charge in [0.1, 0.15) is 11.9 Å². The van der Waals surface area contributed by atoms with Crippen molar-refractivity contribution in [3.05, 3.63) is 35.6 Å². The van der Waals surface area contributed by atoms with Gasteiger partial charge in [-0.25, -0.2) is 14.0 Å². The Hall–Kier alpha value is -2.11. The highest BCUT2D eigenvalue weighted by molar-refractivity contribution is 5.83. The zero-order valence-electron chi connectivity index (χ0n) is 11.1. The highest BCUT2D eigenvalue weighted by Crippen LogP contribution is 2.45. The van der Waals surface area contributed by atoms with Crippen LogP contribution in [0, 0.1) is 5.82 Å². The minimum Gasteiger partial charge on any atom is -0.480 e. The summed E-state index contributed by atoms with van der Waals surface area (Å²) in [5.74, 6) is -1.39. The van der Waals surface area contributed by atoms with Crippen LogP contribution in [0.3, 0.4) is 0 Å². The van der Waals surface area contributed by atoms with E-state index in [0.717, 1.165) is 18.4 Å². The van der Waals surface area contributed by atoms with Crippen molar-refractivity contribution >= 4 is 12.0 Å². The van der Waals surface area contributed by atoms with E-state index in [9.17, 15) is 14.0 Å². The third kappa shape index (κ3) is 3.07. The molecule has 20 heavy (non-hydrogen) atoms. The summed E-state index contributed by atoms with van der Waals surface area (Å²) in [4.78, 5) is 22.7. The van der Waals surface area contributed by atoms with E-state index < -0.39 is 23.6 Å². The Labute approximate surface area is 116 Å². The van der Waals surface area contributed by atoms with Crippen LogP contribution in [0.15, 0.2) is 24.3 Å². The second-order valence-electron chi connectivity index (χ2n) is 4.99. The first-order valence-corrected chi connectivity index (χ1v) is 6.54. The zero-order chi connectivity index (χ0) is 14.8. The van der Waals surface area contributed by atoms with Gasteiger partial charge in [0, 0.05) is 0 Å². The van der Waals surface area contributed by atoms with Crippen molar-refractivity contribution in [2.24, 2.45) is 0 Å². The molecule has 1 aromatic rings. The van der Waals surface area contributed by atoms with Gasteiger partial charge in [0.05, 0.1) is 5.54 Å². The Morgan fingerprint density at radius 3 is 2.40 bits per heavy atom. The largest absolute Gasteiger partial charge is 0.480 e. The van der Waals surface area contributed by atoms with Crippen LogP contribution in [0.4, 0.5) is 9.18 Å². The molecule has 0 aliphatic heterocycles. The molecule has 1 aromatic carbocycles. The number of carboxylic acid groups (broad SMARTS) is 1. The molecule has 108 valence electrons. The number of halogens is 1. The van der Waals surface area contributed by atoms with Crippen LogP contribution >= 0.6 is 0 Å². The molecule has 3 N–H and O–H groups in total. The third-order valence-corrected chi connectivity index (χ3v) is 3.51. The fraction of sp³-hybridized carbons (Fsp3) is 0.429. The predicted molar refractivity (Wildman–Crippen MR) is 70.7 cm³/mol. The monoisotopic (exact) mass is 280 g/mol. The summed E-state index contributed by atoms with van der Waals surface area (Å²) >= 11 is 0. The Morgan fingerprint density at radius 1 is 1.35 bits per heavy atom. The number of amides is 2. The van der Waals surface area contributed by atoms with Crippen LogP contribution in [0.1, 0.15) is 31.7 Å². The van der Waals surface area contributed by atoms with Gasteiger partial charge in [0.25, 0.3) is 0 Å². The smallest absolute Gasteiger partial charge is 0.326 e. The molecule has 0 heterocycles. The minimum absolute atomic E-state index is 0.312. The van der Waals surface area contributed by atoms with Crippen LogP contribution in [0.2, 0.25) is 0 Å². The number of urea groups is 1. The minimum atomic E-state index is -1.06. The van der Waals surface area contributed by atoms with E-state index >= 15 is 0 Å². The molecule has 1 aliphatic carbocycles. The number of benzene rings is 1. The summed E-state index contributed by atoms with van der Waals surface area (Å²) in [5, 5.41) is 14.1. The Balaban J connectivity index is 2.00. The molecule has 1 aliphatic rings. The summed E-state index contributed by atoms with van der Waals surface area (Å²) in [7, 11) is 0. The fourth-order valence-corrected chi connectivity index (χ4v) is 2.13. The second kappa shape index (κ2) is 5.48. The maximum absolute atomic E-state index is 12.9. The molecule has 0 aromatic heterocycles. The lowest BCUT2D eigenvalue weighted by molar-refractivity contribution is -0.139. The fourth-order valence-electron chi connectivity index (χ4n) is 2.13. The van der Waals surface area contributed by atoms with E-state index in [1.54, 1.807) is 19.1 Å². The molecule has 2 rings (SSSR count). The molecule has 5 nitrogen and oxygen atoms in total. The lowest BCUT2D eigenvalue weighted by Crippen LogP contribution is -2.48. The SMILES string of the molecule is CCC(NC(=O)NC1(c2ccc(F)cc2)CC1)C(=O)O. The third-order valence-electron chi connectivity index (χ3n) is 3.51. The van der Waals surface area contributed by atoms with Crippen molar-refractivity contribution in [2.75, 3.05) is 0 Å². The Bertz CT molecular complexity index is 512. The first kappa shape index (κ1) is 14.3. The van der Waals surface area contributed by atoms with Crippen molar-refractivity contribution in [2.45, 2.75) is 37.8 Å². The van der Waals surface area contributed by atoms with Gasteiger partial charge in [-0.3, -0.25) is 0 Å². The molecule has 0 bridgehead atoms. The number of aliphatic carboxylic acids is 1. The Morgan fingerprint density at radius 2 is 1.95 bits per heavy atom. The van der Waals surface area contributed by atoms with Crippen LogP contribution < -0.4 is 10.6 Å². The van der Waals surface area contributed by atoms with Crippen LogP contribution in [0.25, 0.3) is 0 Å². The van der Waals surface area contributed by atoms with Gasteiger partial charge in [-0.2, -0.15) is 0 Å². The lowest BCUT2D eigenvalue weighted by atomic mass is 10.1. The summed E-state index contributed by atoms with van der Waals surface area (Å²) in [6.07, 6.45) is 1.83. The number of rotatable bonds is 5. The van der Waals surface area contributed by atoms with E-state index in [1.807, 2.05) is 0 Å². The van der Waals surface area contributed by atoms with Crippen LogP contribution in [-0.2, 0) is 10.3 Å². The van der Waals surface area contributed by atoms with Crippen LogP contribution in [0.5, 0.6) is 0 Å². The highest BCUT2D eigenvalue weighted by atomic mass is 19.1. The van der Waals surface area contributed by atoms with Gasteiger partial charge in [-0.15, -0.1) is 0 Å². The number of nitrogens with one attached hydrogen (secondary N) is 2. The van der Waals surface area contributed by atoms with Crippen molar-refractivity contribution < 1.29 is 19.1 Å². The molecule has 1 saturated carbocycles. The quantitative estimate of drug-likeness (QED) is 0.771. The molecule has 6 heteroatoms. The van der Waals surface area contributed by atoms with E-state index in [0.29, 0.717) is 6.42 Å². The molecule has 0 saturated heterocycles. The van der Waals surface area contributed by atoms with E-state index in [2.05, 4.69) is 10.6 Å². The van der Waals surface area contributed by atoms with Gasteiger partial charge < -0.3 is 15.7 Å². The van der Waals surface area contributed by atoms with Crippen molar-refractivity contribution in [3.63, 3.8) is 0 Å². The first-order chi connectivity index (χ1) is 9.47. The van der Waals surface area contributed by atoms with E-state index in [4.69, 9.17) is 5.11 Å². The van der Waals surface area contributed by atoms with Crippen molar-refractivity contribution in [3.8, 4) is 0 Å². The summed E-state index contributed by atoms with van der Waals surface area (Å²) in [6, 6.07) is 4.55. The number of hydrogen-bond donors (Lipinski definition) is 3. The van der Waals surface area contributed by atoms with Gasteiger partial charge in [-0.05, 0) is 37.0 Å². The van der Waals surface area contributed by atoms with E-state index in [1.165, 1.54) is 12.1 Å². The number of hydrogen-bond acceptors (Lipinski definition) is 2. The van der Waals surface area contributed by atoms with Gasteiger partial charge in [-0.1, -0.05) is 19.1 Å². The number of carbonyl (C=O) groups excluding carboxylic acids is 1. The number of carbonyl (C=O) groups is 2. The average molecular weight is 280 g/mol. The average Bonchev–Trinajstić information content (AvgIpc) is 3.17. The zero-order valence-corrected chi connectivity index (χ0v) is 11.1. The summed E-state index contributed by atoms with van der Waals surface area (Å²) in [5.41, 5.74) is 0.339. The normalized spacial score (nSPS) is 17.1. The van der Waals surface area contributed by atoms with Gasteiger partial charge in [0.15, 0.2) is 0 Å². The second-order valence-corrected chi connectivity index (χ2v) is 4.99. The summed E-state index contributed by atoms with van der Waals surface area (Å²) < 4.78 is 12.9. The molecule has 1 atom stereocenters. The highest BCUT2D eigenvalue weighted by Gasteiger charge is 2.45. The molecule has 0 spiro atoms. The van der Waals surface area contributed by atoms with E-state index in [-0.39, 0.29) is 5.82 Å². The maximum atomic E-state index is 12.9. The standard InChI is InChI=1S/C14H17FN2O3/c1-2-11(12(18)19)16-13(20)17-14(7-8-14)9-3-5-10(15)6-4-9/h3-6,11H,2,7-8H2,1H3,(H,18,19)(H2,16,17,20). The van der Waals surface area contributed by atoms with Crippen molar-refractivity contribution in [1.29, 1.82) is 0 Å². The first-order valence-electron chi connectivity index (χ1n) is 6.54. The lowest BCUT2D eigenvalue weighted by Gasteiger charge is -2.20.